The Morgan fingerprint density at radius 3 is 1.22 bits per heavy atom. The van der Waals surface area contributed by atoms with Gasteiger partial charge in [-0.05, 0) is 31.5 Å². The lowest BCUT2D eigenvalue weighted by molar-refractivity contribution is 0.381. The lowest BCUT2D eigenvalue weighted by Crippen LogP contribution is -2.68. The first-order chi connectivity index (χ1) is 15.0. The Hall–Kier alpha value is -3.18. The minimum absolute atomic E-state index is 0.663. The molecule has 0 saturated heterocycles. The van der Waals surface area contributed by atoms with Crippen LogP contribution in [0.25, 0.3) is 0 Å². The summed E-state index contributed by atoms with van der Waals surface area (Å²) in [7, 11) is 0. The molecule has 12 heteroatoms. The van der Waals surface area contributed by atoms with Gasteiger partial charge in [0.1, 0.15) is 23.3 Å². The largest absolute Gasteiger partial charge is 0.520 e. The summed E-state index contributed by atoms with van der Waals surface area (Å²) in [4.78, 5) is 0. The van der Waals surface area contributed by atoms with E-state index in [1.54, 1.807) is 0 Å². The van der Waals surface area contributed by atoms with E-state index in [1.807, 2.05) is 0 Å². The average molecular weight is 466 g/mol. The van der Waals surface area contributed by atoms with Gasteiger partial charge in [0.05, 0.1) is 0 Å². The number of hydrogen-bond donors (Lipinski definition) is 0. The highest BCUT2D eigenvalue weighted by atomic mass is 19.2. The smallest absolute Gasteiger partial charge is 0.200 e. The highest BCUT2D eigenvalue weighted by molar-refractivity contribution is 7.01. The molecule has 0 aliphatic rings. The van der Waals surface area contributed by atoms with Crippen molar-refractivity contribution in [2.45, 2.75) is 13.2 Å². The molecule has 1 aromatic heterocycles. The van der Waals surface area contributed by atoms with Gasteiger partial charge in [0.25, 0.3) is 0 Å². The Kier molecular flexibility index (Phi) is 6.16. The molecule has 1 nitrogen and oxygen atoms in total. The molecule has 0 amide bonds. The van der Waals surface area contributed by atoms with Gasteiger partial charge in [-0.3, -0.25) is 0 Å². The molecule has 0 fully saturated rings. The van der Waals surface area contributed by atoms with Crippen molar-refractivity contribution in [3.05, 3.63) is 94.9 Å². The topological polar surface area (TPSA) is 4.93 Å². The minimum Gasteiger partial charge on any atom is -0.520 e. The maximum Gasteiger partial charge on any atom is 0.200 e. The molecule has 0 saturated carbocycles. The van der Waals surface area contributed by atoms with Crippen molar-refractivity contribution in [3.8, 4) is 0 Å². The minimum atomic E-state index is -4.04. The first-order valence-electron chi connectivity index (χ1n) is 8.97. The maximum absolute atomic E-state index is 14.9. The van der Waals surface area contributed by atoms with E-state index in [-0.39, 0.29) is 0 Å². The second kappa shape index (κ2) is 8.40. The zero-order valence-corrected chi connectivity index (χ0v) is 16.0. The Bertz CT molecular complexity index is 1090. The predicted molar refractivity (Wildman–Crippen MR) is 96.9 cm³/mol. The monoisotopic (exact) mass is 466 g/mol. The molecule has 170 valence electrons. The summed E-state index contributed by atoms with van der Waals surface area (Å²) in [6, 6.07) is 2.34. The van der Waals surface area contributed by atoms with E-state index in [4.69, 9.17) is 0 Å². The number of aromatic nitrogens is 1. The summed E-state index contributed by atoms with van der Waals surface area (Å²) < 4.78 is 144. The Balaban J connectivity index is 2.67. The molecule has 1 heterocycles. The molecule has 32 heavy (non-hydrogen) atoms. The van der Waals surface area contributed by atoms with Crippen LogP contribution in [-0.2, 0) is 0 Å². The fourth-order valence-electron chi connectivity index (χ4n) is 3.86. The van der Waals surface area contributed by atoms with E-state index in [0.29, 0.717) is 4.48 Å². The molecule has 0 bridgehead atoms. The average Bonchev–Trinajstić information content (AvgIpc) is 3.32. The van der Waals surface area contributed by atoms with Crippen LogP contribution in [0.3, 0.4) is 0 Å². The number of halogens is 10. The predicted octanol–water partition coefficient (Wildman–Crippen LogP) is 5.06. The molecule has 0 aliphatic heterocycles. The third-order valence-electron chi connectivity index (χ3n) is 5.29. The summed E-state index contributed by atoms with van der Waals surface area (Å²) in [5, 5.41) is 0. The van der Waals surface area contributed by atoms with Crippen LogP contribution in [0, 0.1) is 58.2 Å². The second-order valence-electron chi connectivity index (χ2n) is 6.90. The van der Waals surface area contributed by atoms with Crippen molar-refractivity contribution in [2.75, 3.05) is 0 Å². The Morgan fingerprint density at radius 1 is 0.594 bits per heavy atom. The lowest BCUT2D eigenvalue weighted by atomic mass is 9.25. The van der Waals surface area contributed by atoms with Gasteiger partial charge in [-0.1, -0.05) is 6.08 Å². The fraction of sp³-hybridized carbons (Fsp3) is 0.100. The van der Waals surface area contributed by atoms with Crippen molar-refractivity contribution in [2.24, 2.45) is 0 Å². The standard InChI is InChI=1S/C20H11BF10N/c1-2-3-6-21(32-7-4-5-8-32,9-11(22)15(26)19(30)16(27)12(9)23)10-13(24)17(28)20(31)18(29)14(10)25/h2-5,7-8H,6H2,1H3/q-1/b3-2+. The molecule has 0 radical (unpaired) electrons. The van der Waals surface area contributed by atoms with Gasteiger partial charge < -0.3 is 4.48 Å². The normalized spacial score (nSPS) is 12.2. The fourth-order valence-corrected chi connectivity index (χ4v) is 3.86. The van der Waals surface area contributed by atoms with Gasteiger partial charge in [-0.25, -0.2) is 43.9 Å². The van der Waals surface area contributed by atoms with Gasteiger partial charge in [0.2, 0.25) is 0 Å². The summed E-state index contributed by atoms with van der Waals surface area (Å²) in [6.07, 6.45) is -0.799. The summed E-state index contributed by atoms with van der Waals surface area (Å²) in [5.74, 6) is -24.8. The third kappa shape index (κ3) is 3.20. The van der Waals surface area contributed by atoms with Crippen molar-refractivity contribution >= 4 is 17.2 Å². The van der Waals surface area contributed by atoms with E-state index in [0.717, 1.165) is 18.5 Å². The summed E-state index contributed by atoms with van der Waals surface area (Å²) in [5.41, 5.74) is -3.47. The molecule has 0 atom stereocenters. The highest BCUT2D eigenvalue weighted by Gasteiger charge is 2.43. The van der Waals surface area contributed by atoms with Crippen molar-refractivity contribution < 1.29 is 43.9 Å². The van der Waals surface area contributed by atoms with Crippen LogP contribution in [0.2, 0.25) is 6.32 Å². The maximum atomic E-state index is 14.9. The molecular formula is C20H11BF10N-. The van der Waals surface area contributed by atoms with Crippen LogP contribution in [0.5, 0.6) is 0 Å². The number of benzene rings is 2. The van der Waals surface area contributed by atoms with Crippen LogP contribution in [0.15, 0.2) is 36.7 Å². The van der Waals surface area contributed by atoms with Gasteiger partial charge in [0.15, 0.2) is 41.2 Å². The number of hydrogen-bond acceptors (Lipinski definition) is 0. The molecular weight excluding hydrogens is 455 g/mol. The molecule has 2 aromatic carbocycles. The van der Waals surface area contributed by atoms with Gasteiger partial charge >= 0.3 is 0 Å². The Morgan fingerprint density at radius 2 is 0.906 bits per heavy atom. The molecule has 0 unspecified atom stereocenters. The summed E-state index contributed by atoms with van der Waals surface area (Å²) in [6.45, 7) is 1.35. The Labute approximate surface area is 174 Å². The molecule has 0 aliphatic carbocycles. The van der Waals surface area contributed by atoms with Gasteiger partial charge in [-0.15, -0.1) is 23.3 Å². The highest BCUT2D eigenvalue weighted by Crippen LogP contribution is 2.28. The van der Waals surface area contributed by atoms with Crippen molar-refractivity contribution in [3.63, 3.8) is 0 Å². The molecule has 0 N–H and O–H groups in total. The quantitative estimate of drug-likeness (QED) is 0.163. The van der Waals surface area contributed by atoms with Crippen LogP contribution in [0.1, 0.15) is 6.92 Å². The number of rotatable bonds is 5. The molecule has 3 aromatic rings. The van der Waals surface area contributed by atoms with Crippen LogP contribution in [0.4, 0.5) is 43.9 Å². The van der Waals surface area contributed by atoms with Gasteiger partial charge in [-0.2, -0.15) is 0 Å². The van der Waals surface area contributed by atoms with Crippen LogP contribution in [-0.4, -0.2) is 10.8 Å². The zero-order chi connectivity index (χ0) is 24.0. The first kappa shape index (κ1) is 23.5. The lowest BCUT2D eigenvalue weighted by Gasteiger charge is -2.44. The van der Waals surface area contributed by atoms with Crippen molar-refractivity contribution in [1.29, 1.82) is 0 Å². The van der Waals surface area contributed by atoms with E-state index >= 15 is 0 Å². The van der Waals surface area contributed by atoms with E-state index in [9.17, 15) is 43.9 Å². The number of allylic oxidation sites excluding steroid dienone is 2. The van der Waals surface area contributed by atoms with E-state index in [1.165, 1.54) is 25.1 Å². The second-order valence-corrected chi connectivity index (χ2v) is 6.90. The van der Waals surface area contributed by atoms with E-state index < -0.39 is 81.7 Å². The van der Waals surface area contributed by atoms with Crippen LogP contribution >= 0.6 is 0 Å². The summed E-state index contributed by atoms with van der Waals surface area (Å²) >= 11 is 0. The zero-order valence-electron chi connectivity index (χ0n) is 16.0. The van der Waals surface area contributed by atoms with Crippen LogP contribution < -0.4 is 10.9 Å². The SMILES string of the molecule is C/C=C/C[B-](c1c(F)c(F)c(F)c(F)c1F)(c1c(F)c(F)c(F)c(F)c1F)n1cccc1. The number of nitrogens with zero attached hydrogens (tertiary/aromatic N) is 1. The first-order valence-corrected chi connectivity index (χ1v) is 8.97. The molecule has 0 spiro atoms. The third-order valence-corrected chi connectivity index (χ3v) is 5.29. The molecule has 3 rings (SSSR count). The van der Waals surface area contributed by atoms with E-state index in [2.05, 4.69) is 0 Å². The van der Waals surface area contributed by atoms with Crippen molar-refractivity contribution in [1.82, 2.24) is 4.48 Å². The van der Waals surface area contributed by atoms with Gasteiger partial charge in [0, 0.05) is 0 Å².